The molecule has 2 nitrogen and oxygen atoms in total. The van der Waals surface area contributed by atoms with Crippen molar-refractivity contribution >= 4 is 0 Å². The van der Waals surface area contributed by atoms with Crippen molar-refractivity contribution in [2.24, 2.45) is 0 Å². The van der Waals surface area contributed by atoms with E-state index in [9.17, 15) is 0 Å². The summed E-state index contributed by atoms with van der Waals surface area (Å²) in [6.45, 7) is 2.01. The van der Waals surface area contributed by atoms with E-state index in [0.717, 1.165) is 6.42 Å². The smallest absolute Gasteiger partial charge is 0.199 e. The number of rotatable bonds is 1. The zero-order valence-corrected chi connectivity index (χ0v) is 4.94. The summed E-state index contributed by atoms with van der Waals surface area (Å²) < 4.78 is 0. The van der Waals surface area contributed by atoms with E-state index < -0.39 is 0 Å². The first-order valence-electron chi connectivity index (χ1n) is 1.75. The summed E-state index contributed by atoms with van der Waals surface area (Å²) in [6, 6.07) is 0. The van der Waals surface area contributed by atoms with Gasteiger partial charge in [0, 0.05) is 25.0 Å². The fourth-order valence-electron chi connectivity index (χ4n) is 0.175. The predicted molar refractivity (Wildman–Crippen MR) is 16.2 cm³/mol. The van der Waals surface area contributed by atoms with Crippen molar-refractivity contribution in [3.63, 3.8) is 0 Å². The molecule has 0 N–H and O–H groups in total. The standard InChI is InChI=1S/C3H6O2.V/c1-2-3-4-5-3;/h3H,2H2,1H3;. The molecule has 35 valence electrons. The van der Waals surface area contributed by atoms with E-state index in [1.165, 1.54) is 0 Å². The number of hydrogen-bond acceptors (Lipinski definition) is 2. The van der Waals surface area contributed by atoms with Gasteiger partial charge in [0.05, 0.1) is 0 Å². The summed E-state index contributed by atoms with van der Waals surface area (Å²) in [7, 11) is 0. The van der Waals surface area contributed by atoms with Crippen LogP contribution in [0.3, 0.4) is 0 Å². The maximum Gasteiger partial charge on any atom is 0.224 e. The van der Waals surface area contributed by atoms with Gasteiger partial charge in [-0.2, -0.15) is 9.78 Å². The minimum absolute atomic E-state index is 0. The molecule has 1 aliphatic heterocycles. The molecule has 0 aromatic carbocycles. The van der Waals surface area contributed by atoms with Crippen LogP contribution in [-0.2, 0) is 28.3 Å². The van der Waals surface area contributed by atoms with E-state index in [1.54, 1.807) is 0 Å². The van der Waals surface area contributed by atoms with Gasteiger partial charge in [0.25, 0.3) is 0 Å². The molecule has 1 aliphatic rings. The monoisotopic (exact) mass is 125 g/mol. The Morgan fingerprint density at radius 2 is 2.00 bits per heavy atom. The molecular weight excluding hydrogens is 119 g/mol. The van der Waals surface area contributed by atoms with Gasteiger partial charge in [-0.05, 0) is 0 Å². The maximum absolute atomic E-state index is 4.36. The quantitative estimate of drug-likeness (QED) is 0.380. The Morgan fingerprint density at radius 1 is 1.50 bits per heavy atom. The van der Waals surface area contributed by atoms with E-state index in [1.807, 2.05) is 6.92 Å². The molecule has 6 heavy (non-hydrogen) atoms. The molecule has 1 fully saturated rings. The second-order valence-electron chi connectivity index (χ2n) is 1.03. The van der Waals surface area contributed by atoms with Crippen LogP contribution in [0.2, 0.25) is 0 Å². The van der Waals surface area contributed by atoms with Gasteiger partial charge in [-0.3, -0.25) is 0 Å². The fraction of sp³-hybridized carbons (Fsp3) is 1.00. The number of hydrogen-bond donors (Lipinski definition) is 0. The van der Waals surface area contributed by atoms with Crippen molar-refractivity contribution in [3.8, 4) is 0 Å². The Morgan fingerprint density at radius 3 is 2.00 bits per heavy atom. The maximum atomic E-state index is 4.36. The second kappa shape index (κ2) is 2.64. The minimum Gasteiger partial charge on any atom is -0.199 e. The molecule has 0 aliphatic carbocycles. The third-order valence-electron chi connectivity index (χ3n) is 0.566. The Bertz CT molecular complexity index is 35.8. The Hall–Kier alpha value is 0.504. The van der Waals surface area contributed by atoms with Crippen LogP contribution < -0.4 is 0 Å². The Kier molecular flexibility index (Phi) is 2.86. The molecule has 0 aromatic rings. The van der Waals surface area contributed by atoms with Gasteiger partial charge in [-0.25, -0.2) is 0 Å². The molecule has 1 heterocycles. The van der Waals surface area contributed by atoms with Crippen molar-refractivity contribution in [1.82, 2.24) is 0 Å². The molecule has 0 aromatic heterocycles. The first-order chi connectivity index (χ1) is 2.43. The summed E-state index contributed by atoms with van der Waals surface area (Å²) >= 11 is 0. The Labute approximate surface area is 48.6 Å². The SMILES string of the molecule is CCC1OO1.[V]. The van der Waals surface area contributed by atoms with Crippen molar-refractivity contribution in [1.29, 1.82) is 0 Å². The van der Waals surface area contributed by atoms with E-state index in [-0.39, 0.29) is 24.8 Å². The second-order valence-corrected chi connectivity index (χ2v) is 1.03. The van der Waals surface area contributed by atoms with E-state index in [4.69, 9.17) is 0 Å². The first kappa shape index (κ1) is 6.50. The van der Waals surface area contributed by atoms with Crippen molar-refractivity contribution in [3.05, 3.63) is 0 Å². The van der Waals surface area contributed by atoms with Gasteiger partial charge in [-0.1, -0.05) is 6.92 Å². The van der Waals surface area contributed by atoms with Crippen LogP contribution in [0, 0.1) is 0 Å². The van der Waals surface area contributed by atoms with Crippen LogP contribution in [0.15, 0.2) is 0 Å². The van der Waals surface area contributed by atoms with Crippen LogP contribution in [0.4, 0.5) is 0 Å². The van der Waals surface area contributed by atoms with E-state index >= 15 is 0 Å². The molecule has 0 bridgehead atoms. The topological polar surface area (TPSA) is 25.1 Å². The summed E-state index contributed by atoms with van der Waals surface area (Å²) in [5, 5.41) is 0. The van der Waals surface area contributed by atoms with Crippen LogP contribution in [-0.4, -0.2) is 6.29 Å². The zero-order chi connectivity index (χ0) is 3.70. The molecular formula is C3H6O2V. The normalized spacial score (nSPS) is 19.5. The van der Waals surface area contributed by atoms with Gasteiger partial charge >= 0.3 is 0 Å². The van der Waals surface area contributed by atoms with E-state index in [0.29, 0.717) is 0 Å². The first-order valence-corrected chi connectivity index (χ1v) is 1.75. The van der Waals surface area contributed by atoms with Crippen molar-refractivity contribution < 1.29 is 28.3 Å². The molecule has 0 saturated carbocycles. The molecule has 0 unspecified atom stereocenters. The average molecular weight is 125 g/mol. The van der Waals surface area contributed by atoms with Crippen LogP contribution in [0.25, 0.3) is 0 Å². The molecule has 0 atom stereocenters. The van der Waals surface area contributed by atoms with Gasteiger partial charge in [0.1, 0.15) is 0 Å². The van der Waals surface area contributed by atoms with Gasteiger partial charge in [0.15, 0.2) is 0 Å². The molecule has 1 radical (unpaired) electrons. The van der Waals surface area contributed by atoms with Gasteiger partial charge < -0.3 is 0 Å². The van der Waals surface area contributed by atoms with Crippen molar-refractivity contribution in [2.75, 3.05) is 0 Å². The van der Waals surface area contributed by atoms with Crippen LogP contribution in [0.1, 0.15) is 13.3 Å². The molecule has 0 amide bonds. The van der Waals surface area contributed by atoms with Crippen molar-refractivity contribution in [2.45, 2.75) is 19.6 Å². The summed E-state index contributed by atoms with van der Waals surface area (Å²) in [5.74, 6) is 0. The zero-order valence-electron chi connectivity index (χ0n) is 3.55. The molecule has 3 heteroatoms. The van der Waals surface area contributed by atoms with Gasteiger partial charge in [0.2, 0.25) is 6.29 Å². The molecule has 0 spiro atoms. The minimum atomic E-state index is 0. The van der Waals surface area contributed by atoms with E-state index in [2.05, 4.69) is 9.78 Å². The van der Waals surface area contributed by atoms with Crippen LogP contribution >= 0.6 is 0 Å². The fourth-order valence-corrected chi connectivity index (χ4v) is 0.175. The third kappa shape index (κ3) is 1.83. The largest absolute Gasteiger partial charge is 0.224 e. The summed E-state index contributed by atoms with van der Waals surface area (Å²) in [4.78, 5) is 8.72. The molecule has 1 saturated heterocycles. The van der Waals surface area contributed by atoms with Crippen LogP contribution in [0.5, 0.6) is 0 Å². The predicted octanol–water partition coefficient (Wildman–Crippen LogP) is 0.682. The Balaban J connectivity index is 0.000000250. The summed E-state index contributed by atoms with van der Waals surface area (Å²) in [5.41, 5.74) is 0. The van der Waals surface area contributed by atoms with Gasteiger partial charge in [-0.15, -0.1) is 0 Å². The third-order valence-corrected chi connectivity index (χ3v) is 0.566. The molecule has 1 rings (SSSR count). The average Bonchev–Trinajstić information content (AvgIpc) is 2.12. The summed E-state index contributed by atoms with van der Waals surface area (Å²) in [6.07, 6.45) is 1.11.